The molecule has 19 heavy (non-hydrogen) atoms. The van der Waals surface area contributed by atoms with Crippen LogP contribution in [-0.2, 0) is 10.2 Å². The third-order valence-corrected chi connectivity index (χ3v) is 4.25. The van der Waals surface area contributed by atoms with Crippen LogP contribution in [0.2, 0.25) is 0 Å². The van der Waals surface area contributed by atoms with E-state index < -0.39 is 0 Å². The minimum absolute atomic E-state index is 0.0442. The standard InChI is InChI=1S/C13H19N3OS2/c1-13(2,3)11-10(19-8-15-11)9-7-18-12(16-9)14-5-6-17-4/h7-8H,5-6H2,1-4H3,(H,14,16). The molecule has 2 aromatic rings. The van der Waals surface area contributed by atoms with E-state index in [2.05, 4.69) is 41.4 Å². The van der Waals surface area contributed by atoms with Gasteiger partial charge in [-0.05, 0) is 0 Å². The Morgan fingerprint density at radius 3 is 2.79 bits per heavy atom. The Morgan fingerprint density at radius 2 is 2.11 bits per heavy atom. The average Bonchev–Trinajstić information content (AvgIpc) is 2.96. The highest BCUT2D eigenvalue weighted by atomic mass is 32.1. The first kappa shape index (κ1) is 14.4. The van der Waals surface area contributed by atoms with Crippen molar-refractivity contribution in [1.29, 1.82) is 0 Å². The molecule has 0 bridgehead atoms. The van der Waals surface area contributed by atoms with Crippen LogP contribution in [0.5, 0.6) is 0 Å². The summed E-state index contributed by atoms with van der Waals surface area (Å²) in [6.07, 6.45) is 0. The fourth-order valence-corrected chi connectivity index (χ4v) is 3.45. The predicted molar refractivity (Wildman–Crippen MR) is 82.3 cm³/mol. The minimum Gasteiger partial charge on any atom is -0.383 e. The van der Waals surface area contributed by atoms with Crippen LogP contribution in [0.25, 0.3) is 10.6 Å². The summed E-state index contributed by atoms with van der Waals surface area (Å²) in [5.41, 5.74) is 4.07. The molecule has 0 radical (unpaired) electrons. The zero-order chi connectivity index (χ0) is 13.9. The average molecular weight is 297 g/mol. The van der Waals surface area contributed by atoms with E-state index in [-0.39, 0.29) is 5.41 Å². The molecule has 0 aliphatic heterocycles. The van der Waals surface area contributed by atoms with E-state index >= 15 is 0 Å². The van der Waals surface area contributed by atoms with Gasteiger partial charge in [0.15, 0.2) is 5.13 Å². The van der Waals surface area contributed by atoms with Crippen molar-refractivity contribution >= 4 is 27.8 Å². The van der Waals surface area contributed by atoms with E-state index in [1.54, 1.807) is 29.8 Å². The van der Waals surface area contributed by atoms with Gasteiger partial charge >= 0.3 is 0 Å². The second-order valence-electron chi connectivity index (χ2n) is 5.24. The van der Waals surface area contributed by atoms with Crippen LogP contribution in [0.4, 0.5) is 5.13 Å². The number of nitrogens with one attached hydrogen (secondary N) is 1. The van der Waals surface area contributed by atoms with Crippen molar-refractivity contribution in [2.75, 3.05) is 25.6 Å². The van der Waals surface area contributed by atoms with Crippen molar-refractivity contribution in [1.82, 2.24) is 9.97 Å². The Kier molecular flexibility index (Phi) is 4.54. The summed E-state index contributed by atoms with van der Waals surface area (Å²) in [4.78, 5) is 10.3. The predicted octanol–water partition coefficient (Wildman–Crippen LogP) is 3.62. The molecule has 104 valence electrons. The highest BCUT2D eigenvalue weighted by Crippen LogP contribution is 2.36. The van der Waals surface area contributed by atoms with Gasteiger partial charge in [0.2, 0.25) is 0 Å². The number of anilines is 1. The first-order valence-corrected chi connectivity index (χ1v) is 7.91. The Bertz CT molecular complexity index is 528. The van der Waals surface area contributed by atoms with E-state index in [0.717, 1.165) is 23.1 Å². The number of hydrogen-bond donors (Lipinski definition) is 1. The van der Waals surface area contributed by atoms with Crippen LogP contribution >= 0.6 is 22.7 Å². The van der Waals surface area contributed by atoms with Crippen LogP contribution in [0.1, 0.15) is 26.5 Å². The zero-order valence-corrected chi connectivity index (χ0v) is 13.3. The fourth-order valence-electron chi connectivity index (χ4n) is 1.68. The van der Waals surface area contributed by atoms with Crippen LogP contribution in [0, 0.1) is 0 Å². The van der Waals surface area contributed by atoms with Crippen LogP contribution in [0.15, 0.2) is 10.9 Å². The zero-order valence-electron chi connectivity index (χ0n) is 11.7. The molecule has 0 amide bonds. The summed E-state index contributed by atoms with van der Waals surface area (Å²) in [5, 5.41) is 6.26. The summed E-state index contributed by atoms with van der Waals surface area (Å²) < 4.78 is 5.01. The van der Waals surface area contributed by atoms with Gasteiger partial charge in [0.05, 0.1) is 28.4 Å². The summed E-state index contributed by atoms with van der Waals surface area (Å²) in [6.45, 7) is 7.99. The van der Waals surface area contributed by atoms with Gasteiger partial charge < -0.3 is 10.1 Å². The Balaban J connectivity index is 2.17. The van der Waals surface area contributed by atoms with Gasteiger partial charge in [0.25, 0.3) is 0 Å². The Morgan fingerprint density at radius 1 is 1.32 bits per heavy atom. The molecule has 0 aromatic carbocycles. The van der Waals surface area contributed by atoms with Gasteiger partial charge in [-0.25, -0.2) is 9.97 Å². The van der Waals surface area contributed by atoms with E-state index in [0.29, 0.717) is 6.61 Å². The third-order valence-electron chi connectivity index (χ3n) is 2.60. The van der Waals surface area contributed by atoms with Crippen molar-refractivity contribution in [3.05, 3.63) is 16.6 Å². The van der Waals surface area contributed by atoms with Crippen LogP contribution < -0.4 is 5.32 Å². The van der Waals surface area contributed by atoms with Crippen LogP contribution in [0.3, 0.4) is 0 Å². The lowest BCUT2D eigenvalue weighted by molar-refractivity contribution is 0.211. The molecule has 0 spiro atoms. The molecule has 2 heterocycles. The largest absolute Gasteiger partial charge is 0.383 e. The van der Waals surface area contributed by atoms with E-state index in [1.807, 2.05) is 5.51 Å². The number of nitrogens with zero attached hydrogens (tertiary/aromatic N) is 2. The van der Waals surface area contributed by atoms with Gasteiger partial charge in [-0.1, -0.05) is 20.8 Å². The molecule has 2 rings (SSSR count). The lowest BCUT2D eigenvalue weighted by atomic mass is 9.91. The third kappa shape index (κ3) is 3.52. The maximum absolute atomic E-state index is 5.01. The number of rotatable bonds is 5. The molecular weight excluding hydrogens is 278 g/mol. The van der Waals surface area contributed by atoms with E-state index in [9.17, 15) is 0 Å². The second kappa shape index (κ2) is 5.98. The molecule has 0 saturated carbocycles. The molecule has 0 fully saturated rings. The lowest BCUT2D eigenvalue weighted by Crippen LogP contribution is -2.12. The highest BCUT2D eigenvalue weighted by Gasteiger charge is 2.23. The topological polar surface area (TPSA) is 47.0 Å². The van der Waals surface area contributed by atoms with Crippen molar-refractivity contribution < 1.29 is 4.74 Å². The van der Waals surface area contributed by atoms with Crippen LogP contribution in [-0.4, -0.2) is 30.2 Å². The minimum atomic E-state index is 0.0442. The monoisotopic (exact) mass is 297 g/mol. The van der Waals surface area contributed by atoms with Crippen molar-refractivity contribution in [2.45, 2.75) is 26.2 Å². The first-order chi connectivity index (χ1) is 9.02. The van der Waals surface area contributed by atoms with Gasteiger partial charge in [0.1, 0.15) is 0 Å². The fraction of sp³-hybridized carbons (Fsp3) is 0.538. The quantitative estimate of drug-likeness (QED) is 0.856. The summed E-state index contributed by atoms with van der Waals surface area (Å²) in [6, 6.07) is 0. The normalized spacial score (nSPS) is 11.8. The maximum atomic E-state index is 5.01. The van der Waals surface area contributed by atoms with Crippen molar-refractivity contribution in [3.8, 4) is 10.6 Å². The molecular formula is C13H19N3OS2. The molecule has 0 aliphatic rings. The smallest absolute Gasteiger partial charge is 0.183 e. The molecule has 4 nitrogen and oxygen atoms in total. The maximum Gasteiger partial charge on any atom is 0.183 e. The molecule has 0 atom stereocenters. The molecule has 0 saturated heterocycles. The lowest BCUT2D eigenvalue weighted by Gasteiger charge is -2.16. The molecule has 6 heteroatoms. The summed E-state index contributed by atoms with van der Waals surface area (Å²) >= 11 is 3.27. The van der Waals surface area contributed by atoms with E-state index in [1.165, 1.54) is 4.88 Å². The van der Waals surface area contributed by atoms with Gasteiger partial charge in [-0.3, -0.25) is 0 Å². The summed E-state index contributed by atoms with van der Waals surface area (Å²) in [5.74, 6) is 0. The van der Waals surface area contributed by atoms with Gasteiger partial charge in [-0.2, -0.15) is 0 Å². The molecule has 1 N–H and O–H groups in total. The number of aromatic nitrogens is 2. The number of ether oxygens (including phenoxy) is 1. The number of hydrogen-bond acceptors (Lipinski definition) is 6. The van der Waals surface area contributed by atoms with E-state index in [4.69, 9.17) is 4.74 Å². The summed E-state index contributed by atoms with van der Waals surface area (Å²) in [7, 11) is 1.70. The Labute approximate surface area is 121 Å². The SMILES string of the molecule is COCCNc1nc(-c2scnc2C(C)(C)C)cs1. The second-order valence-corrected chi connectivity index (χ2v) is 6.95. The molecule has 0 unspecified atom stereocenters. The number of methoxy groups -OCH3 is 1. The molecule has 2 aromatic heterocycles. The van der Waals surface area contributed by atoms with Gasteiger partial charge in [-0.15, -0.1) is 22.7 Å². The highest BCUT2D eigenvalue weighted by molar-refractivity contribution is 7.15. The van der Waals surface area contributed by atoms with Gasteiger partial charge in [0, 0.05) is 24.4 Å². The van der Waals surface area contributed by atoms with Crippen molar-refractivity contribution in [3.63, 3.8) is 0 Å². The molecule has 0 aliphatic carbocycles. The first-order valence-electron chi connectivity index (χ1n) is 6.15. The Hall–Kier alpha value is -0.980. The van der Waals surface area contributed by atoms with Crippen molar-refractivity contribution in [2.24, 2.45) is 0 Å². The number of thiazole rings is 2.